The van der Waals surface area contributed by atoms with Crippen molar-refractivity contribution in [2.45, 2.75) is 32.6 Å². The fourth-order valence-corrected chi connectivity index (χ4v) is 3.21. The zero-order chi connectivity index (χ0) is 20.3. The minimum absolute atomic E-state index is 0.155. The topological polar surface area (TPSA) is 38.7 Å². The van der Waals surface area contributed by atoms with Gasteiger partial charge in [-0.2, -0.15) is 0 Å². The van der Waals surface area contributed by atoms with Crippen LogP contribution in [0.3, 0.4) is 0 Å². The van der Waals surface area contributed by atoms with Crippen molar-refractivity contribution in [3.05, 3.63) is 90.5 Å². The monoisotopic (exact) mass is 379 g/mol. The molecule has 3 heteroatoms. The molecule has 3 nitrogen and oxygen atoms in total. The van der Waals surface area contributed by atoms with Crippen LogP contribution in [0, 0.1) is 0 Å². The van der Waals surface area contributed by atoms with Crippen LogP contribution in [0.15, 0.2) is 84.9 Å². The summed E-state index contributed by atoms with van der Waals surface area (Å²) < 4.78 is 0. The highest BCUT2D eigenvalue weighted by atomic mass is 15.0. The van der Waals surface area contributed by atoms with Crippen LogP contribution < -0.4 is 0 Å². The van der Waals surface area contributed by atoms with Crippen LogP contribution in [-0.2, 0) is 5.41 Å². The fourth-order valence-electron chi connectivity index (χ4n) is 3.21. The average molecular weight is 380 g/mol. The van der Waals surface area contributed by atoms with Crippen LogP contribution in [0.2, 0.25) is 0 Å². The van der Waals surface area contributed by atoms with E-state index in [9.17, 15) is 0 Å². The lowest BCUT2D eigenvalue weighted by Crippen LogP contribution is -2.15. The number of aromatic nitrogens is 3. The molecule has 3 aromatic carbocycles. The van der Waals surface area contributed by atoms with E-state index in [1.54, 1.807) is 0 Å². The Kier molecular flexibility index (Phi) is 5.22. The van der Waals surface area contributed by atoms with Gasteiger partial charge in [-0.25, -0.2) is 15.0 Å². The maximum atomic E-state index is 4.79. The van der Waals surface area contributed by atoms with Crippen LogP contribution >= 0.6 is 0 Å². The zero-order valence-corrected chi connectivity index (χ0v) is 17.1. The van der Waals surface area contributed by atoms with Gasteiger partial charge in [-0.15, -0.1) is 0 Å². The molecule has 0 saturated carbocycles. The molecule has 0 fully saturated rings. The largest absolute Gasteiger partial charge is 0.208 e. The normalized spacial score (nSPS) is 11.4. The second-order valence-electron chi connectivity index (χ2n) is 7.85. The second kappa shape index (κ2) is 7.96. The molecule has 0 aliphatic carbocycles. The molecular formula is C26H25N3. The van der Waals surface area contributed by atoms with Crippen LogP contribution in [0.4, 0.5) is 0 Å². The van der Waals surface area contributed by atoms with Crippen molar-refractivity contribution < 1.29 is 0 Å². The maximum absolute atomic E-state index is 4.79. The molecule has 0 amide bonds. The standard InChI is InChI=1S/C26H25N3/c1-4-26(2,3)22-17-15-21(16-18-22)25-28-23(19-11-7-5-8-12-19)27-24(29-25)20-13-9-6-10-14-20/h5-18H,4H2,1-3H3. The van der Waals surface area contributed by atoms with E-state index in [-0.39, 0.29) is 5.41 Å². The number of rotatable bonds is 5. The Balaban J connectivity index is 1.82. The first kappa shape index (κ1) is 19.0. The molecule has 0 aliphatic rings. The molecule has 4 aromatic rings. The van der Waals surface area contributed by atoms with Gasteiger partial charge in [-0.3, -0.25) is 0 Å². The third-order valence-corrected chi connectivity index (χ3v) is 5.51. The molecule has 0 bridgehead atoms. The summed E-state index contributed by atoms with van der Waals surface area (Å²) in [6.07, 6.45) is 1.09. The van der Waals surface area contributed by atoms with Gasteiger partial charge in [0, 0.05) is 16.7 Å². The van der Waals surface area contributed by atoms with Crippen LogP contribution in [0.25, 0.3) is 34.2 Å². The molecule has 144 valence electrons. The van der Waals surface area contributed by atoms with Gasteiger partial charge in [0.15, 0.2) is 17.5 Å². The van der Waals surface area contributed by atoms with E-state index in [1.165, 1.54) is 5.56 Å². The Labute approximate surface area is 172 Å². The van der Waals surface area contributed by atoms with Gasteiger partial charge in [-0.05, 0) is 17.4 Å². The maximum Gasteiger partial charge on any atom is 0.164 e. The molecule has 0 aliphatic heterocycles. The molecule has 0 saturated heterocycles. The molecule has 1 heterocycles. The van der Waals surface area contributed by atoms with E-state index in [1.807, 2.05) is 60.7 Å². The second-order valence-corrected chi connectivity index (χ2v) is 7.85. The van der Waals surface area contributed by atoms with E-state index < -0.39 is 0 Å². The Morgan fingerprint density at radius 3 is 1.31 bits per heavy atom. The first-order chi connectivity index (χ1) is 14.1. The zero-order valence-electron chi connectivity index (χ0n) is 17.1. The van der Waals surface area contributed by atoms with E-state index >= 15 is 0 Å². The summed E-state index contributed by atoms with van der Waals surface area (Å²) in [6.45, 7) is 6.76. The van der Waals surface area contributed by atoms with Crippen LogP contribution in [-0.4, -0.2) is 15.0 Å². The average Bonchev–Trinajstić information content (AvgIpc) is 2.80. The molecule has 29 heavy (non-hydrogen) atoms. The molecular weight excluding hydrogens is 354 g/mol. The quantitative estimate of drug-likeness (QED) is 0.394. The molecule has 0 spiro atoms. The summed E-state index contributed by atoms with van der Waals surface area (Å²) >= 11 is 0. The van der Waals surface area contributed by atoms with Gasteiger partial charge in [0.05, 0.1) is 0 Å². The van der Waals surface area contributed by atoms with E-state index in [4.69, 9.17) is 15.0 Å². The highest BCUT2D eigenvalue weighted by molar-refractivity contribution is 5.66. The Morgan fingerprint density at radius 2 is 0.931 bits per heavy atom. The van der Waals surface area contributed by atoms with Gasteiger partial charge in [-0.1, -0.05) is 106 Å². The third-order valence-electron chi connectivity index (χ3n) is 5.51. The summed E-state index contributed by atoms with van der Waals surface area (Å²) in [7, 11) is 0. The number of hydrogen-bond acceptors (Lipinski definition) is 3. The van der Waals surface area contributed by atoms with Crippen molar-refractivity contribution in [2.75, 3.05) is 0 Å². The highest BCUT2D eigenvalue weighted by Crippen LogP contribution is 2.29. The van der Waals surface area contributed by atoms with Crippen molar-refractivity contribution in [1.29, 1.82) is 0 Å². The lowest BCUT2D eigenvalue weighted by atomic mass is 9.82. The van der Waals surface area contributed by atoms with Gasteiger partial charge < -0.3 is 0 Å². The Hall–Kier alpha value is -3.33. The number of hydrogen-bond donors (Lipinski definition) is 0. The Bertz CT molecular complexity index is 1030. The van der Waals surface area contributed by atoms with Gasteiger partial charge in [0.25, 0.3) is 0 Å². The predicted molar refractivity (Wildman–Crippen MR) is 119 cm³/mol. The van der Waals surface area contributed by atoms with Crippen molar-refractivity contribution in [1.82, 2.24) is 15.0 Å². The van der Waals surface area contributed by atoms with E-state index in [0.717, 1.165) is 23.1 Å². The molecule has 0 atom stereocenters. The summed E-state index contributed by atoms with van der Waals surface area (Å²) in [5.74, 6) is 2.07. The molecule has 0 N–H and O–H groups in total. The van der Waals surface area contributed by atoms with Gasteiger partial charge >= 0.3 is 0 Å². The molecule has 0 radical (unpaired) electrons. The summed E-state index contributed by atoms with van der Waals surface area (Å²) in [6, 6.07) is 28.7. The smallest absolute Gasteiger partial charge is 0.164 e. The Morgan fingerprint density at radius 1 is 0.552 bits per heavy atom. The number of nitrogens with zero attached hydrogens (tertiary/aromatic N) is 3. The lowest BCUT2D eigenvalue weighted by molar-refractivity contribution is 0.506. The van der Waals surface area contributed by atoms with Crippen molar-refractivity contribution >= 4 is 0 Å². The van der Waals surface area contributed by atoms with Crippen molar-refractivity contribution in [2.24, 2.45) is 0 Å². The fraction of sp³-hybridized carbons (Fsp3) is 0.192. The van der Waals surface area contributed by atoms with Gasteiger partial charge in [0.1, 0.15) is 0 Å². The van der Waals surface area contributed by atoms with E-state index in [2.05, 4.69) is 45.0 Å². The SMILES string of the molecule is CCC(C)(C)c1ccc(-c2nc(-c3ccccc3)nc(-c3ccccc3)n2)cc1. The molecule has 0 unspecified atom stereocenters. The highest BCUT2D eigenvalue weighted by Gasteiger charge is 2.18. The summed E-state index contributed by atoms with van der Waals surface area (Å²) in [5.41, 5.74) is 4.44. The lowest BCUT2D eigenvalue weighted by Gasteiger charge is -2.23. The minimum Gasteiger partial charge on any atom is -0.208 e. The summed E-state index contributed by atoms with van der Waals surface area (Å²) in [4.78, 5) is 14.3. The first-order valence-corrected chi connectivity index (χ1v) is 10.0. The van der Waals surface area contributed by atoms with Crippen LogP contribution in [0.5, 0.6) is 0 Å². The van der Waals surface area contributed by atoms with Crippen LogP contribution in [0.1, 0.15) is 32.8 Å². The number of benzene rings is 3. The van der Waals surface area contributed by atoms with Crippen molar-refractivity contribution in [3.8, 4) is 34.2 Å². The van der Waals surface area contributed by atoms with E-state index in [0.29, 0.717) is 17.5 Å². The molecule has 1 aromatic heterocycles. The van der Waals surface area contributed by atoms with Crippen molar-refractivity contribution in [3.63, 3.8) is 0 Å². The first-order valence-electron chi connectivity index (χ1n) is 10.0. The third kappa shape index (κ3) is 4.09. The predicted octanol–water partition coefficient (Wildman–Crippen LogP) is 6.56. The molecule has 4 rings (SSSR count). The van der Waals surface area contributed by atoms with Gasteiger partial charge in [0.2, 0.25) is 0 Å². The minimum atomic E-state index is 0.155. The summed E-state index contributed by atoms with van der Waals surface area (Å²) in [5, 5.41) is 0.